The van der Waals surface area contributed by atoms with Gasteiger partial charge in [-0.25, -0.2) is 4.98 Å². The van der Waals surface area contributed by atoms with Gasteiger partial charge in [0.25, 0.3) is 5.69 Å². The molecule has 1 rings (SSSR count). The Kier molecular flexibility index (Phi) is 5.21. The lowest BCUT2D eigenvalue weighted by Crippen LogP contribution is -2.33. The highest BCUT2D eigenvalue weighted by molar-refractivity contribution is 5.57. The van der Waals surface area contributed by atoms with E-state index >= 15 is 0 Å². The van der Waals surface area contributed by atoms with Crippen LogP contribution in [0.5, 0.6) is 0 Å². The fourth-order valence-electron chi connectivity index (χ4n) is 1.71. The number of pyridine rings is 1. The van der Waals surface area contributed by atoms with Gasteiger partial charge in [-0.2, -0.15) is 5.26 Å². The Morgan fingerprint density at radius 3 is 2.79 bits per heavy atom. The van der Waals surface area contributed by atoms with E-state index in [1.54, 1.807) is 0 Å². The minimum absolute atomic E-state index is 0.0398. The second-order valence-electron chi connectivity index (χ2n) is 4.30. The van der Waals surface area contributed by atoms with Crippen molar-refractivity contribution in [1.29, 1.82) is 5.26 Å². The van der Waals surface area contributed by atoms with Crippen LogP contribution < -0.4 is 4.90 Å². The SMILES string of the molecule is CC(C)N(CCCO)c1ncc([N+](=O)[O-])cc1C#N. The minimum Gasteiger partial charge on any atom is -0.396 e. The Balaban J connectivity index is 3.16. The summed E-state index contributed by atoms with van der Waals surface area (Å²) in [5.41, 5.74) is -0.0352. The number of aliphatic hydroxyl groups is 1. The Labute approximate surface area is 111 Å². The molecular weight excluding hydrogens is 248 g/mol. The monoisotopic (exact) mass is 264 g/mol. The van der Waals surface area contributed by atoms with Crippen molar-refractivity contribution in [3.63, 3.8) is 0 Å². The van der Waals surface area contributed by atoms with Crippen LogP contribution in [0.2, 0.25) is 0 Å². The molecule has 0 aliphatic heterocycles. The predicted octanol–water partition coefficient (Wildman–Crippen LogP) is 1.46. The van der Waals surface area contributed by atoms with E-state index < -0.39 is 4.92 Å². The molecule has 1 aromatic heterocycles. The van der Waals surface area contributed by atoms with E-state index in [2.05, 4.69) is 4.98 Å². The number of hydrogen-bond acceptors (Lipinski definition) is 6. The van der Waals surface area contributed by atoms with Gasteiger partial charge in [-0.3, -0.25) is 10.1 Å². The van der Waals surface area contributed by atoms with Crippen molar-refractivity contribution in [2.45, 2.75) is 26.3 Å². The predicted molar refractivity (Wildman–Crippen MR) is 69.8 cm³/mol. The first kappa shape index (κ1) is 14.9. The Morgan fingerprint density at radius 2 is 2.32 bits per heavy atom. The fourth-order valence-corrected chi connectivity index (χ4v) is 1.71. The Hall–Kier alpha value is -2.20. The van der Waals surface area contributed by atoms with Crippen molar-refractivity contribution in [1.82, 2.24) is 4.98 Å². The molecule has 1 aromatic rings. The Bertz CT molecular complexity index is 496. The lowest BCUT2D eigenvalue weighted by atomic mass is 10.2. The fraction of sp³-hybridized carbons (Fsp3) is 0.500. The third-order valence-electron chi connectivity index (χ3n) is 2.64. The van der Waals surface area contributed by atoms with Crippen molar-refractivity contribution in [3.05, 3.63) is 27.9 Å². The minimum atomic E-state index is -0.578. The average molecular weight is 264 g/mol. The normalized spacial score (nSPS) is 10.3. The molecule has 0 amide bonds. The molecule has 7 nitrogen and oxygen atoms in total. The quantitative estimate of drug-likeness (QED) is 0.616. The molecular formula is C12H16N4O3. The molecule has 102 valence electrons. The van der Waals surface area contributed by atoms with E-state index in [1.165, 1.54) is 6.07 Å². The van der Waals surface area contributed by atoms with Gasteiger partial charge in [0.15, 0.2) is 0 Å². The van der Waals surface area contributed by atoms with Gasteiger partial charge in [0.1, 0.15) is 23.6 Å². The number of aliphatic hydroxyl groups excluding tert-OH is 1. The number of rotatable bonds is 6. The molecule has 0 spiro atoms. The van der Waals surface area contributed by atoms with Crippen LogP contribution in [0.15, 0.2) is 12.3 Å². The molecule has 0 saturated carbocycles. The lowest BCUT2D eigenvalue weighted by molar-refractivity contribution is -0.385. The van der Waals surface area contributed by atoms with Crippen LogP contribution in [-0.4, -0.2) is 34.2 Å². The summed E-state index contributed by atoms with van der Waals surface area (Å²) in [6, 6.07) is 3.23. The summed E-state index contributed by atoms with van der Waals surface area (Å²) in [5, 5.41) is 28.6. The summed E-state index contributed by atoms with van der Waals surface area (Å²) < 4.78 is 0. The Morgan fingerprint density at radius 1 is 1.63 bits per heavy atom. The van der Waals surface area contributed by atoms with E-state index in [4.69, 9.17) is 10.4 Å². The topological polar surface area (TPSA) is 103 Å². The summed E-state index contributed by atoms with van der Waals surface area (Å²) in [6.45, 7) is 4.44. The molecule has 0 saturated heterocycles. The lowest BCUT2D eigenvalue weighted by Gasteiger charge is -2.28. The zero-order chi connectivity index (χ0) is 14.4. The van der Waals surface area contributed by atoms with Crippen molar-refractivity contribution in [2.75, 3.05) is 18.1 Å². The second-order valence-corrected chi connectivity index (χ2v) is 4.30. The van der Waals surface area contributed by atoms with Crippen LogP contribution in [0.3, 0.4) is 0 Å². The van der Waals surface area contributed by atoms with Gasteiger partial charge in [-0.15, -0.1) is 0 Å². The van der Waals surface area contributed by atoms with E-state index in [0.29, 0.717) is 18.8 Å². The summed E-state index contributed by atoms with van der Waals surface area (Å²) in [6.07, 6.45) is 1.69. The first-order chi connectivity index (χ1) is 9.01. The first-order valence-electron chi connectivity index (χ1n) is 5.93. The van der Waals surface area contributed by atoms with Gasteiger partial charge >= 0.3 is 0 Å². The molecule has 0 fully saturated rings. The molecule has 0 bridgehead atoms. The highest BCUT2D eigenvalue weighted by atomic mass is 16.6. The van der Waals surface area contributed by atoms with Crippen LogP contribution in [0.4, 0.5) is 11.5 Å². The molecule has 0 aliphatic carbocycles. The summed E-state index contributed by atoms with van der Waals surface area (Å²) in [5.74, 6) is 0.413. The zero-order valence-corrected chi connectivity index (χ0v) is 10.9. The molecule has 7 heteroatoms. The number of nitro groups is 1. The number of hydrogen-bond donors (Lipinski definition) is 1. The third kappa shape index (κ3) is 3.63. The summed E-state index contributed by atoms with van der Waals surface area (Å²) >= 11 is 0. The van der Waals surface area contributed by atoms with Gasteiger partial charge in [-0.1, -0.05) is 0 Å². The van der Waals surface area contributed by atoms with Crippen molar-refractivity contribution >= 4 is 11.5 Å². The molecule has 0 atom stereocenters. The maximum atomic E-state index is 10.7. The smallest absolute Gasteiger partial charge is 0.289 e. The molecule has 0 unspecified atom stereocenters. The van der Waals surface area contributed by atoms with Gasteiger partial charge in [0.2, 0.25) is 0 Å². The van der Waals surface area contributed by atoms with Crippen LogP contribution in [-0.2, 0) is 0 Å². The van der Waals surface area contributed by atoms with Gasteiger partial charge in [0.05, 0.1) is 4.92 Å². The summed E-state index contributed by atoms with van der Waals surface area (Å²) in [7, 11) is 0. The highest BCUT2D eigenvalue weighted by Gasteiger charge is 2.19. The highest BCUT2D eigenvalue weighted by Crippen LogP contribution is 2.23. The second kappa shape index (κ2) is 6.66. The maximum Gasteiger partial charge on any atom is 0.289 e. The van der Waals surface area contributed by atoms with Crippen molar-refractivity contribution < 1.29 is 10.0 Å². The number of nitrogens with zero attached hydrogens (tertiary/aromatic N) is 4. The largest absolute Gasteiger partial charge is 0.396 e. The molecule has 1 heterocycles. The number of nitriles is 1. The molecule has 0 aliphatic rings. The van der Waals surface area contributed by atoms with E-state index in [1.807, 2.05) is 24.8 Å². The third-order valence-corrected chi connectivity index (χ3v) is 2.64. The zero-order valence-electron chi connectivity index (χ0n) is 10.9. The number of aromatic nitrogens is 1. The standard InChI is InChI=1S/C12H16N4O3/c1-9(2)15(4-3-5-17)12-10(7-13)6-11(8-14-12)16(18)19/h6,8-9,17H,3-5H2,1-2H3. The van der Waals surface area contributed by atoms with Gasteiger partial charge in [0, 0.05) is 25.3 Å². The van der Waals surface area contributed by atoms with E-state index in [-0.39, 0.29) is 23.9 Å². The van der Waals surface area contributed by atoms with Crippen LogP contribution in [0, 0.1) is 21.4 Å². The average Bonchev–Trinajstić information content (AvgIpc) is 2.38. The van der Waals surface area contributed by atoms with Crippen LogP contribution in [0.25, 0.3) is 0 Å². The van der Waals surface area contributed by atoms with E-state index in [0.717, 1.165) is 6.20 Å². The summed E-state index contributed by atoms with van der Waals surface area (Å²) in [4.78, 5) is 16.0. The van der Waals surface area contributed by atoms with Gasteiger partial charge < -0.3 is 10.0 Å². The maximum absolute atomic E-state index is 10.7. The van der Waals surface area contributed by atoms with Crippen LogP contribution >= 0.6 is 0 Å². The molecule has 0 radical (unpaired) electrons. The molecule has 1 N–H and O–H groups in total. The van der Waals surface area contributed by atoms with Crippen molar-refractivity contribution in [3.8, 4) is 6.07 Å². The van der Waals surface area contributed by atoms with E-state index in [9.17, 15) is 10.1 Å². The molecule has 19 heavy (non-hydrogen) atoms. The number of anilines is 1. The molecule has 0 aromatic carbocycles. The van der Waals surface area contributed by atoms with Crippen molar-refractivity contribution in [2.24, 2.45) is 0 Å². The van der Waals surface area contributed by atoms with Crippen LogP contribution in [0.1, 0.15) is 25.8 Å². The first-order valence-corrected chi connectivity index (χ1v) is 5.93. The van der Waals surface area contributed by atoms with Gasteiger partial charge in [-0.05, 0) is 20.3 Å².